The van der Waals surface area contributed by atoms with Crippen molar-refractivity contribution < 1.29 is 14.3 Å². The molecule has 0 radical (unpaired) electrons. The molecule has 1 N–H and O–H groups in total. The summed E-state index contributed by atoms with van der Waals surface area (Å²) in [6.45, 7) is 7.08. The summed E-state index contributed by atoms with van der Waals surface area (Å²) in [5.74, 6) is -0.192. The number of ether oxygens (including phenoxy) is 2. The number of hydrogen-bond donors (Lipinski definition) is 1. The lowest BCUT2D eigenvalue weighted by molar-refractivity contribution is -0.150. The van der Waals surface area contributed by atoms with E-state index in [1.165, 1.54) is 7.11 Å². The number of methoxy groups -OCH3 is 2. The molecule has 0 bridgehead atoms. The number of carbonyl (C=O) groups excluding carboxylic acids is 1. The summed E-state index contributed by atoms with van der Waals surface area (Å²) >= 11 is 0. The molecule has 0 fully saturated rings. The Balaban J connectivity index is 4.05. The first-order valence-corrected chi connectivity index (χ1v) is 5.28. The number of hydrogen-bond acceptors (Lipinski definition) is 4. The quantitative estimate of drug-likeness (QED) is 0.651. The fourth-order valence-electron chi connectivity index (χ4n) is 1.27. The summed E-state index contributed by atoms with van der Waals surface area (Å²) in [6.07, 6.45) is 0.977. The molecule has 0 heterocycles. The molecule has 1 atom stereocenters. The van der Waals surface area contributed by atoms with Gasteiger partial charge in [0.05, 0.1) is 19.1 Å². The van der Waals surface area contributed by atoms with Crippen LogP contribution in [-0.4, -0.2) is 39.4 Å². The molecule has 4 heteroatoms. The van der Waals surface area contributed by atoms with Crippen LogP contribution in [0.2, 0.25) is 0 Å². The molecule has 0 aliphatic rings. The minimum Gasteiger partial charge on any atom is -0.469 e. The standard InChI is InChI=1S/C11H23NO3/c1-6-9(7-14-4)12-8-11(2,3)10(13)15-5/h9,12H,6-8H2,1-5H3. The maximum Gasteiger partial charge on any atom is 0.312 e. The van der Waals surface area contributed by atoms with Crippen molar-refractivity contribution in [1.29, 1.82) is 0 Å². The zero-order valence-corrected chi connectivity index (χ0v) is 10.4. The second-order valence-corrected chi connectivity index (χ2v) is 4.32. The number of esters is 1. The lowest BCUT2D eigenvalue weighted by Gasteiger charge is -2.25. The highest BCUT2D eigenvalue weighted by Gasteiger charge is 2.28. The molecule has 0 aliphatic heterocycles. The van der Waals surface area contributed by atoms with Crippen LogP contribution in [0.15, 0.2) is 0 Å². The minimum atomic E-state index is -0.490. The predicted molar refractivity (Wildman–Crippen MR) is 59.8 cm³/mol. The molecule has 4 nitrogen and oxygen atoms in total. The van der Waals surface area contributed by atoms with E-state index in [0.29, 0.717) is 19.2 Å². The average molecular weight is 217 g/mol. The van der Waals surface area contributed by atoms with Crippen molar-refractivity contribution in [2.75, 3.05) is 27.4 Å². The predicted octanol–water partition coefficient (Wildman–Crippen LogP) is 1.20. The van der Waals surface area contributed by atoms with Gasteiger partial charge in [-0.2, -0.15) is 0 Å². The first-order chi connectivity index (χ1) is 6.97. The van der Waals surface area contributed by atoms with Gasteiger partial charge in [0.25, 0.3) is 0 Å². The van der Waals surface area contributed by atoms with E-state index in [1.807, 2.05) is 13.8 Å². The van der Waals surface area contributed by atoms with E-state index < -0.39 is 5.41 Å². The second-order valence-electron chi connectivity index (χ2n) is 4.32. The van der Waals surface area contributed by atoms with E-state index >= 15 is 0 Å². The van der Waals surface area contributed by atoms with Crippen molar-refractivity contribution in [3.63, 3.8) is 0 Å². The van der Waals surface area contributed by atoms with Gasteiger partial charge < -0.3 is 14.8 Å². The van der Waals surface area contributed by atoms with Crippen LogP contribution in [0.5, 0.6) is 0 Å². The van der Waals surface area contributed by atoms with Gasteiger partial charge >= 0.3 is 5.97 Å². The molecule has 1 unspecified atom stereocenters. The van der Waals surface area contributed by atoms with Crippen LogP contribution in [0.3, 0.4) is 0 Å². The van der Waals surface area contributed by atoms with E-state index in [2.05, 4.69) is 12.2 Å². The van der Waals surface area contributed by atoms with Crippen LogP contribution in [0, 0.1) is 5.41 Å². The lowest BCUT2D eigenvalue weighted by Crippen LogP contribution is -2.43. The zero-order valence-electron chi connectivity index (χ0n) is 10.4. The number of carbonyl (C=O) groups is 1. The van der Waals surface area contributed by atoms with Gasteiger partial charge in [-0.05, 0) is 20.3 Å². The topological polar surface area (TPSA) is 47.6 Å². The summed E-state index contributed by atoms with van der Waals surface area (Å²) < 4.78 is 9.80. The summed E-state index contributed by atoms with van der Waals surface area (Å²) in [4.78, 5) is 11.4. The molecule has 0 saturated carbocycles. The molecular formula is C11H23NO3. The Morgan fingerprint density at radius 1 is 1.40 bits per heavy atom. The van der Waals surface area contributed by atoms with Crippen molar-refractivity contribution >= 4 is 5.97 Å². The van der Waals surface area contributed by atoms with Crippen molar-refractivity contribution in [1.82, 2.24) is 5.32 Å². The fourth-order valence-corrected chi connectivity index (χ4v) is 1.27. The molecule has 15 heavy (non-hydrogen) atoms. The average Bonchev–Trinajstić information content (AvgIpc) is 2.22. The Kier molecular flexibility index (Phi) is 6.52. The van der Waals surface area contributed by atoms with Crippen LogP contribution in [0.1, 0.15) is 27.2 Å². The number of nitrogens with one attached hydrogen (secondary N) is 1. The second kappa shape index (κ2) is 6.80. The van der Waals surface area contributed by atoms with E-state index in [1.54, 1.807) is 7.11 Å². The molecule has 90 valence electrons. The Labute approximate surface area is 92.3 Å². The summed E-state index contributed by atoms with van der Waals surface area (Å²) in [7, 11) is 3.09. The molecule has 0 aliphatic carbocycles. The Bertz CT molecular complexity index is 192. The Hall–Kier alpha value is -0.610. The van der Waals surface area contributed by atoms with E-state index in [4.69, 9.17) is 9.47 Å². The summed E-state index contributed by atoms with van der Waals surface area (Å²) in [5.41, 5.74) is -0.490. The van der Waals surface area contributed by atoms with Crippen molar-refractivity contribution in [3.8, 4) is 0 Å². The van der Waals surface area contributed by atoms with Gasteiger partial charge in [0.1, 0.15) is 0 Å². The summed E-state index contributed by atoms with van der Waals surface area (Å²) in [5, 5.41) is 3.30. The highest BCUT2D eigenvalue weighted by Crippen LogP contribution is 2.15. The third-order valence-electron chi connectivity index (χ3n) is 2.43. The zero-order chi connectivity index (χ0) is 11.9. The van der Waals surface area contributed by atoms with Crippen LogP contribution in [-0.2, 0) is 14.3 Å². The van der Waals surface area contributed by atoms with Gasteiger partial charge in [0.2, 0.25) is 0 Å². The van der Waals surface area contributed by atoms with Crippen LogP contribution >= 0.6 is 0 Å². The minimum absolute atomic E-state index is 0.192. The molecule has 0 rings (SSSR count). The maximum atomic E-state index is 11.4. The first-order valence-electron chi connectivity index (χ1n) is 5.28. The molecule has 0 aromatic heterocycles. The molecule has 0 saturated heterocycles. The van der Waals surface area contributed by atoms with Gasteiger partial charge in [-0.15, -0.1) is 0 Å². The van der Waals surface area contributed by atoms with Crippen molar-refractivity contribution in [2.24, 2.45) is 5.41 Å². The monoisotopic (exact) mass is 217 g/mol. The van der Waals surface area contributed by atoms with Gasteiger partial charge in [-0.25, -0.2) is 0 Å². The first kappa shape index (κ1) is 14.4. The van der Waals surface area contributed by atoms with E-state index in [-0.39, 0.29) is 5.97 Å². The van der Waals surface area contributed by atoms with Gasteiger partial charge in [-0.1, -0.05) is 6.92 Å². The Morgan fingerprint density at radius 2 is 2.00 bits per heavy atom. The van der Waals surface area contributed by atoms with Gasteiger partial charge in [0, 0.05) is 19.7 Å². The van der Waals surface area contributed by atoms with Crippen LogP contribution < -0.4 is 5.32 Å². The number of rotatable bonds is 7. The normalized spacial score (nSPS) is 13.7. The van der Waals surface area contributed by atoms with E-state index in [0.717, 1.165) is 6.42 Å². The van der Waals surface area contributed by atoms with Crippen molar-refractivity contribution in [3.05, 3.63) is 0 Å². The van der Waals surface area contributed by atoms with Gasteiger partial charge in [-0.3, -0.25) is 4.79 Å². The van der Waals surface area contributed by atoms with Crippen molar-refractivity contribution in [2.45, 2.75) is 33.2 Å². The largest absolute Gasteiger partial charge is 0.469 e. The molecule has 0 amide bonds. The van der Waals surface area contributed by atoms with Crippen LogP contribution in [0.25, 0.3) is 0 Å². The third-order valence-corrected chi connectivity index (χ3v) is 2.43. The van der Waals surface area contributed by atoms with E-state index in [9.17, 15) is 4.79 Å². The third kappa shape index (κ3) is 5.14. The fraction of sp³-hybridized carbons (Fsp3) is 0.909. The van der Waals surface area contributed by atoms with Gasteiger partial charge in [0.15, 0.2) is 0 Å². The molecular weight excluding hydrogens is 194 g/mol. The molecule has 0 spiro atoms. The van der Waals surface area contributed by atoms with Crippen LogP contribution in [0.4, 0.5) is 0 Å². The molecule has 0 aromatic carbocycles. The maximum absolute atomic E-state index is 11.4. The highest BCUT2D eigenvalue weighted by atomic mass is 16.5. The lowest BCUT2D eigenvalue weighted by atomic mass is 9.93. The highest BCUT2D eigenvalue weighted by molar-refractivity contribution is 5.76. The smallest absolute Gasteiger partial charge is 0.312 e. The molecule has 0 aromatic rings. The Morgan fingerprint density at radius 3 is 2.40 bits per heavy atom. The SMILES string of the molecule is CCC(COC)NCC(C)(C)C(=O)OC. The summed E-state index contributed by atoms with van der Waals surface area (Å²) in [6, 6.07) is 0.291.